The van der Waals surface area contributed by atoms with Gasteiger partial charge in [-0.1, -0.05) is 0 Å². The second kappa shape index (κ2) is 7.73. The van der Waals surface area contributed by atoms with Crippen LogP contribution in [0.25, 0.3) is 0 Å². The van der Waals surface area contributed by atoms with Gasteiger partial charge in [0.25, 0.3) is 0 Å². The molecule has 0 radical (unpaired) electrons. The summed E-state index contributed by atoms with van der Waals surface area (Å²) in [6, 6.07) is -0.895. The summed E-state index contributed by atoms with van der Waals surface area (Å²) >= 11 is 0. The first-order valence-corrected chi connectivity index (χ1v) is 6.22. The largest absolute Gasteiger partial charge is 0.394 e. The number of ether oxygens (including phenoxy) is 2. The highest BCUT2D eigenvalue weighted by Gasteiger charge is 2.45. The molecule has 8 heteroatoms. The summed E-state index contributed by atoms with van der Waals surface area (Å²) in [5.41, 5.74) is 5.34. The van der Waals surface area contributed by atoms with Gasteiger partial charge in [0.15, 0.2) is 6.29 Å². The van der Waals surface area contributed by atoms with E-state index in [0.29, 0.717) is 13.0 Å². The van der Waals surface area contributed by atoms with Crippen molar-refractivity contribution in [3.8, 4) is 0 Å². The standard InChI is InChI=1S/C11H22N2O6/c1-6(15)13-8-10(17)9(16)7(5-14)19-11(8)18-4-2-3-12/h7-11,14,16-17H,2-5,12H2,1H3,(H,13,15)/t7-,8+,9-,10-,11-/m1/s1. The molecule has 1 aliphatic rings. The minimum atomic E-state index is -1.30. The normalized spacial score (nSPS) is 35.1. The molecule has 1 heterocycles. The van der Waals surface area contributed by atoms with Gasteiger partial charge in [-0.3, -0.25) is 4.79 Å². The zero-order valence-corrected chi connectivity index (χ0v) is 10.9. The first kappa shape index (κ1) is 16.3. The Bertz CT molecular complexity index is 290. The van der Waals surface area contributed by atoms with Gasteiger partial charge in [-0.25, -0.2) is 0 Å². The molecule has 0 aromatic heterocycles. The van der Waals surface area contributed by atoms with Crippen LogP contribution in [-0.2, 0) is 14.3 Å². The first-order chi connectivity index (χ1) is 9.01. The maximum absolute atomic E-state index is 11.1. The molecular formula is C11H22N2O6. The monoisotopic (exact) mass is 278 g/mol. The van der Waals surface area contributed by atoms with E-state index in [0.717, 1.165) is 0 Å². The molecule has 0 aromatic rings. The number of aliphatic hydroxyl groups excluding tert-OH is 3. The average Bonchev–Trinajstić information content (AvgIpc) is 2.37. The molecule has 0 unspecified atom stereocenters. The van der Waals surface area contributed by atoms with E-state index in [9.17, 15) is 15.0 Å². The van der Waals surface area contributed by atoms with Crippen LogP contribution in [0, 0.1) is 0 Å². The molecule has 0 bridgehead atoms. The van der Waals surface area contributed by atoms with Crippen molar-refractivity contribution in [1.82, 2.24) is 5.32 Å². The van der Waals surface area contributed by atoms with Gasteiger partial charge < -0.3 is 35.8 Å². The fourth-order valence-electron chi connectivity index (χ4n) is 1.90. The maximum atomic E-state index is 11.1. The Hall–Kier alpha value is -0.770. The third-order valence-electron chi connectivity index (χ3n) is 2.88. The van der Waals surface area contributed by atoms with E-state index in [4.69, 9.17) is 20.3 Å². The Morgan fingerprint density at radius 2 is 2.11 bits per heavy atom. The van der Waals surface area contributed by atoms with Gasteiger partial charge in [0.1, 0.15) is 24.4 Å². The fraction of sp³-hybridized carbons (Fsp3) is 0.909. The summed E-state index contributed by atoms with van der Waals surface area (Å²) in [4.78, 5) is 11.1. The second-order valence-electron chi connectivity index (χ2n) is 4.45. The van der Waals surface area contributed by atoms with Crippen LogP contribution in [-0.4, -0.2) is 71.6 Å². The van der Waals surface area contributed by atoms with E-state index < -0.39 is 37.3 Å². The highest BCUT2D eigenvalue weighted by atomic mass is 16.7. The minimum Gasteiger partial charge on any atom is -0.394 e. The van der Waals surface area contributed by atoms with E-state index in [1.165, 1.54) is 6.92 Å². The number of hydrogen-bond donors (Lipinski definition) is 5. The van der Waals surface area contributed by atoms with Gasteiger partial charge in [-0.05, 0) is 13.0 Å². The van der Waals surface area contributed by atoms with Crippen LogP contribution in [0.15, 0.2) is 0 Å². The van der Waals surface area contributed by atoms with Gasteiger partial charge in [-0.15, -0.1) is 0 Å². The molecule has 0 aliphatic carbocycles. The van der Waals surface area contributed by atoms with Gasteiger partial charge in [0.05, 0.1) is 13.2 Å². The van der Waals surface area contributed by atoms with E-state index >= 15 is 0 Å². The molecular weight excluding hydrogens is 256 g/mol. The number of aliphatic hydroxyl groups is 3. The highest BCUT2D eigenvalue weighted by Crippen LogP contribution is 2.22. The molecule has 6 N–H and O–H groups in total. The van der Waals surface area contributed by atoms with Gasteiger partial charge in [-0.2, -0.15) is 0 Å². The molecule has 1 aliphatic heterocycles. The summed E-state index contributed by atoms with van der Waals surface area (Å²) in [5.74, 6) is -0.380. The van der Waals surface area contributed by atoms with Crippen molar-refractivity contribution in [2.75, 3.05) is 19.8 Å². The van der Waals surface area contributed by atoms with Crippen LogP contribution in [0.4, 0.5) is 0 Å². The molecule has 112 valence electrons. The topological polar surface area (TPSA) is 134 Å². The van der Waals surface area contributed by atoms with Gasteiger partial charge in [0.2, 0.25) is 5.91 Å². The molecule has 1 rings (SSSR count). The van der Waals surface area contributed by atoms with Crippen LogP contribution in [0.3, 0.4) is 0 Å². The van der Waals surface area contributed by atoms with Crippen molar-refractivity contribution < 1.29 is 29.6 Å². The molecule has 19 heavy (non-hydrogen) atoms. The van der Waals surface area contributed by atoms with Crippen LogP contribution in [0.1, 0.15) is 13.3 Å². The van der Waals surface area contributed by atoms with Gasteiger partial charge >= 0.3 is 0 Å². The SMILES string of the molecule is CC(=O)N[C@@H]1[C@H](OCCCN)O[C@H](CO)[C@@H](O)[C@@H]1O. The highest BCUT2D eigenvalue weighted by molar-refractivity contribution is 5.73. The molecule has 8 nitrogen and oxygen atoms in total. The van der Waals surface area contributed by atoms with Crippen molar-refractivity contribution in [2.45, 2.75) is 44.0 Å². The molecule has 0 aromatic carbocycles. The average molecular weight is 278 g/mol. The molecule has 5 atom stereocenters. The fourth-order valence-corrected chi connectivity index (χ4v) is 1.90. The Kier molecular flexibility index (Phi) is 6.63. The first-order valence-electron chi connectivity index (χ1n) is 6.22. The van der Waals surface area contributed by atoms with Crippen LogP contribution < -0.4 is 11.1 Å². The lowest BCUT2D eigenvalue weighted by Crippen LogP contribution is -2.64. The summed E-state index contributed by atoms with van der Waals surface area (Å²) in [6.07, 6.45) is -3.88. The van der Waals surface area contributed by atoms with Crippen LogP contribution >= 0.6 is 0 Å². The number of nitrogens with one attached hydrogen (secondary N) is 1. The predicted octanol–water partition coefficient (Wildman–Crippen LogP) is -2.70. The van der Waals surface area contributed by atoms with E-state index in [-0.39, 0.29) is 12.5 Å². The Balaban J connectivity index is 2.71. The van der Waals surface area contributed by atoms with Gasteiger partial charge in [0, 0.05) is 6.92 Å². The number of carbonyl (C=O) groups excluding carboxylic acids is 1. The van der Waals surface area contributed by atoms with E-state index in [1.54, 1.807) is 0 Å². The molecule has 1 saturated heterocycles. The second-order valence-corrected chi connectivity index (χ2v) is 4.45. The quantitative estimate of drug-likeness (QED) is 0.334. The zero-order valence-electron chi connectivity index (χ0n) is 10.9. The van der Waals surface area contributed by atoms with Crippen LogP contribution in [0.5, 0.6) is 0 Å². The Labute approximate surface area is 111 Å². The molecule has 1 fully saturated rings. The predicted molar refractivity (Wildman–Crippen MR) is 65.0 cm³/mol. The smallest absolute Gasteiger partial charge is 0.217 e. The Morgan fingerprint density at radius 1 is 1.42 bits per heavy atom. The summed E-state index contributed by atoms with van der Waals surface area (Å²) in [7, 11) is 0. The van der Waals surface area contributed by atoms with Crippen molar-refractivity contribution in [1.29, 1.82) is 0 Å². The summed E-state index contributed by atoms with van der Waals surface area (Å²) in [6.45, 7) is 1.56. The lowest BCUT2D eigenvalue weighted by atomic mass is 9.97. The Morgan fingerprint density at radius 3 is 2.63 bits per heavy atom. The summed E-state index contributed by atoms with van der Waals surface area (Å²) < 4.78 is 10.7. The van der Waals surface area contributed by atoms with Crippen molar-refractivity contribution in [3.05, 3.63) is 0 Å². The number of hydrogen-bond acceptors (Lipinski definition) is 7. The molecule has 0 saturated carbocycles. The lowest BCUT2D eigenvalue weighted by molar-refractivity contribution is -0.270. The lowest BCUT2D eigenvalue weighted by Gasteiger charge is -2.42. The van der Waals surface area contributed by atoms with Crippen LogP contribution in [0.2, 0.25) is 0 Å². The summed E-state index contributed by atoms with van der Waals surface area (Å²) in [5, 5.41) is 31.3. The van der Waals surface area contributed by atoms with Crippen molar-refractivity contribution in [2.24, 2.45) is 5.73 Å². The minimum absolute atomic E-state index is 0.290. The molecule has 0 spiro atoms. The van der Waals surface area contributed by atoms with Crippen molar-refractivity contribution in [3.63, 3.8) is 0 Å². The van der Waals surface area contributed by atoms with E-state index in [1.807, 2.05) is 0 Å². The number of carbonyl (C=O) groups is 1. The molecule has 1 amide bonds. The number of amides is 1. The third kappa shape index (κ3) is 4.37. The van der Waals surface area contributed by atoms with Crippen molar-refractivity contribution >= 4 is 5.91 Å². The third-order valence-corrected chi connectivity index (χ3v) is 2.88. The zero-order chi connectivity index (χ0) is 14.4. The number of rotatable bonds is 6. The number of nitrogens with two attached hydrogens (primary N) is 1. The van der Waals surface area contributed by atoms with E-state index in [2.05, 4.69) is 5.32 Å². The maximum Gasteiger partial charge on any atom is 0.217 e.